The molecule has 0 aliphatic carbocycles. The first-order chi connectivity index (χ1) is 16.6. The van der Waals surface area contributed by atoms with Gasteiger partial charge in [-0.15, -0.1) is 0 Å². The minimum atomic E-state index is -0.548. The van der Waals surface area contributed by atoms with Gasteiger partial charge in [-0.3, -0.25) is 4.79 Å². The zero-order valence-electron chi connectivity index (χ0n) is 18.6. The molecule has 34 heavy (non-hydrogen) atoms. The zero-order chi connectivity index (χ0) is 23.5. The van der Waals surface area contributed by atoms with Gasteiger partial charge in [0.05, 0.1) is 11.4 Å². The number of carbonyl (C=O) groups excluding carboxylic acids is 2. The minimum absolute atomic E-state index is 0.162. The van der Waals surface area contributed by atoms with Crippen LogP contribution in [0.25, 0.3) is 0 Å². The first-order valence-corrected chi connectivity index (χ1v) is 11.3. The fourth-order valence-corrected chi connectivity index (χ4v) is 4.50. The Morgan fingerprint density at radius 2 is 1.65 bits per heavy atom. The Morgan fingerprint density at radius 3 is 2.41 bits per heavy atom. The van der Waals surface area contributed by atoms with Crippen molar-refractivity contribution in [3.8, 4) is 11.5 Å². The van der Waals surface area contributed by atoms with E-state index in [0.29, 0.717) is 34.4 Å². The molecule has 3 amide bonds. The Balaban J connectivity index is 1.31. The van der Waals surface area contributed by atoms with Crippen LogP contribution in [0.1, 0.15) is 34.7 Å². The number of benzene rings is 3. The van der Waals surface area contributed by atoms with Crippen LogP contribution in [0.3, 0.4) is 0 Å². The van der Waals surface area contributed by atoms with Crippen molar-refractivity contribution >= 4 is 29.0 Å². The molecule has 2 aliphatic rings. The highest BCUT2D eigenvalue weighted by Crippen LogP contribution is 2.36. The summed E-state index contributed by atoms with van der Waals surface area (Å²) >= 11 is 0. The van der Waals surface area contributed by atoms with Crippen molar-refractivity contribution in [3.05, 3.63) is 77.9 Å². The van der Waals surface area contributed by atoms with Crippen molar-refractivity contribution in [2.24, 2.45) is 5.73 Å². The van der Waals surface area contributed by atoms with E-state index in [-0.39, 0.29) is 6.79 Å². The van der Waals surface area contributed by atoms with Crippen LogP contribution in [-0.2, 0) is 0 Å². The molecule has 8 heteroatoms. The predicted octanol–water partition coefficient (Wildman–Crippen LogP) is 4.54. The highest BCUT2D eigenvalue weighted by Gasteiger charge is 2.23. The first-order valence-electron chi connectivity index (χ1n) is 11.3. The van der Waals surface area contributed by atoms with E-state index >= 15 is 0 Å². The van der Waals surface area contributed by atoms with Crippen LogP contribution < -0.4 is 30.7 Å². The number of urea groups is 1. The summed E-state index contributed by atoms with van der Waals surface area (Å²) in [5.74, 6) is 1.18. The molecule has 1 fully saturated rings. The summed E-state index contributed by atoms with van der Waals surface area (Å²) < 4.78 is 10.7. The Bertz CT molecular complexity index is 1210. The number of piperidine rings is 1. The Kier molecular flexibility index (Phi) is 5.95. The quantitative estimate of drug-likeness (QED) is 0.520. The molecule has 174 valence electrons. The molecule has 0 unspecified atom stereocenters. The van der Waals surface area contributed by atoms with Gasteiger partial charge in [0, 0.05) is 30.4 Å². The summed E-state index contributed by atoms with van der Waals surface area (Å²) in [6.07, 6.45) is 2.01. The lowest BCUT2D eigenvalue weighted by molar-refractivity contribution is 0.1000. The number of ether oxygens (including phenoxy) is 2. The second-order valence-corrected chi connectivity index (χ2v) is 8.42. The summed E-state index contributed by atoms with van der Waals surface area (Å²) in [7, 11) is 0. The van der Waals surface area contributed by atoms with Crippen LogP contribution in [0.15, 0.2) is 66.7 Å². The van der Waals surface area contributed by atoms with E-state index in [1.165, 1.54) is 5.56 Å². The normalized spacial score (nSPS) is 15.1. The topological polar surface area (TPSA) is 106 Å². The number of amides is 3. The molecule has 2 aliphatic heterocycles. The van der Waals surface area contributed by atoms with Crippen LogP contribution in [-0.4, -0.2) is 31.8 Å². The van der Waals surface area contributed by atoms with Gasteiger partial charge in [0.2, 0.25) is 12.7 Å². The summed E-state index contributed by atoms with van der Waals surface area (Å²) in [5.41, 5.74) is 9.14. The van der Waals surface area contributed by atoms with Gasteiger partial charge >= 0.3 is 6.03 Å². The standard InChI is InChI=1S/C26H26N4O4/c27-25(31)19-6-8-22(30-12-10-18(11-13-30)17-4-2-1-3-5-17)21(14-19)29-26(32)28-20-7-9-23-24(15-20)34-16-33-23/h1-9,14-15,18H,10-13,16H2,(H2,27,31)(H2,28,29,32). The highest BCUT2D eigenvalue weighted by molar-refractivity contribution is 6.03. The summed E-state index contributed by atoms with van der Waals surface area (Å²) in [5, 5.41) is 5.70. The van der Waals surface area contributed by atoms with Crippen molar-refractivity contribution in [3.63, 3.8) is 0 Å². The van der Waals surface area contributed by atoms with Crippen molar-refractivity contribution < 1.29 is 19.1 Å². The smallest absolute Gasteiger partial charge is 0.323 e. The van der Waals surface area contributed by atoms with E-state index in [1.807, 2.05) is 12.1 Å². The lowest BCUT2D eigenvalue weighted by atomic mass is 9.89. The summed E-state index contributed by atoms with van der Waals surface area (Å²) in [4.78, 5) is 26.8. The van der Waals surface area contributed by atoms with Crippen LogP contribution in [0.2, 0.25) is 0 Å². The number of nitrogens with one attached hydrogen (secondary N) is 2. The average molecular weight is 459 g/mol. The second kappa shape index (κ2) is 9.35. The van der Waals surface area contributed by atoms with E-state index in [1.54, 1.807) is 30.3 Å². The number of primary amides is 1. The van der Waals surface area contributed by atoms with Gasteiger partial charge in [-0.1, -0.05) is 30.3 Å². The number of carbonyl (C=O) groups is 2. The molecule has 3 aromatic carbocycles. The molecule has 4 N–H and O–H groups in total. The Labute approximate surface area is 197 Å². The van der Waals surface area contributed by atoms with E-state index in [9.17, 15) is 9.59 Å². The molecule has 0 spiro atoms. The second-order valence-electron chi connectivity index (χ2n) is 8.42. The van der Waals surface area contributed by atoms with Crippen molar-refractivity contribution in [2.45, 2.75) is 18.8 Å². The molecular formula is C26H26N4O4. The van der Waals surface area contributed by atoms with Gasteiger partial charge in [-0.25, -0.2) is 4.79 Å². The number of nitrogens with two attached hydrogens (primary N) is 1. The largest absolute Gasteiger partial charge is 0.454 e. The Hall–Kier alpha value is -4.20. The maximum absolute atomic E-state index is 12.8. The molecule has 5 rings (SSSR count). The molecule has 3 aromatic rings. The monoisotopic (exact) mass is 458 g/mol. The third-order valence-corrected chi connectivity index (χ3v) is 6.27. The van der Waals surface area contributed by atoms with Crippen molar-refractivity contribution in [1.29, 1.82) is 0 Å². The van der Waals surface area contributed by atoms with Gasteiger partial charge in [0.1, 0.15) is 0 Å². The van der Waals surface area contributed by atoms with E-state index in [4.69, 9.17) is 15.2 Å². The van der Waals surface area contributed by atoms with Gasteiger partial charge in [0.25, 0.3) is 0 Å². The molecule has 0 bridgehead atoms. The Morgan fingerprint density at radius 1 is 0.882 bits per heavy atom. The lowest BCUT2D eigenvalue weighted by Crippen LogP contribution is -2.34. The fraction of sp³-hybridized carbons (Fsp3) is 0.231. The SMILES string of the molecule is NC(=O)c1ccc(N2CCC(c3ccccc3)CC2)c(NC(=O)Nc2ccc3c(c2)OCO3)c1. The van der Waals surface area contributed by atoms with Crippen molar-refractivity contribution in [2.75, 3.05) is 35.4 Å². The number of fused-ring (bicyclic) bond motifs is 1. The van der Waals surface area contributed by atoms with Gasteiger partial charge in [-0.2, -0.15) is 0 Å². The third-order valence-electron chi connectivity index (χ3n) is 6.27. The van der Waals surface area contributed by atoms with Crippen LogP contribution >= 0.6 is 0 Å². The van der Waals surface area contributed by atoms with Crippen molar-refractivity contribution in [1.82, 2.24) is 0 Å². The third kappa shape index (κ3) is 4.61. The number of rotatable bonds is 5. The summed E-state index contributed by atoms with van der Waals surface area (Å²) in [6, 6.07) is 20.5. The molecule has 1 saturated heterocycles. The molecule has 8 nitrogen and oxygen atoms in total. The number of nitrogens with zero attached hydrogens (tertiary/aromatic N) is 1. The van der Waals surface area contributed by atoms with Gasteiger partial charge < -0.3 is 30.7 Å². The fourth-order valence-electron chi connectivity index (χ4n) is 4.50. The average Bonchev–Trinajstić information content (AvgIpc) is 3.32. The molecule has 0 atom stereocenters. The highest BCUT2D eigenvalue weighted by atomic mass is 16.7. The van der Waals surface area contributed by atoms with E-state index in [2.05, 4.69) is 39.8 Å². The number of hydrogen-bond donors (Lipinski definition) is 3. The maximum Gasteiger partial charge on any atom is 0.323 e. The number of anilines is 3. The molecule has 0 aromatic heterocycles. The van der Waals surface area contributed by atoms with Gasteiger partial charge in [0.15, 0.2) is 11.5 Å². The molecule has 0 saturated carbocycles. The first kappa shape index (κ1) is 21.6. The predicted molar refractivity (Wildman–Crippen MR) is 131 cm³/mol. The van der Waals surface area contributed by atoms with E-state index < -0.39 is 11.9 Å². The van der Waals surface area contributed by atoms with E-state index in [0.717, 1.165) is 31.6 Å². The van der Waals surface area contributed by atoms with Crippen LogP contribution in [0.4, 0.5) is 21.9 Å². The molecule has 2 heterocycles. The van der Waals surface area contributed by atoms with Gasteiger partial charge in [-0.05, 0) is 54.7 Å². The maximum atomic E-state index is 12.8. The molecular weight excluding hydrogens is 432 g/mol. The minimum Gasteiger partial charge on any atom is -0.454 e. The molecule has 0 radical (unpaired) electrons. The zero-order valence-corrected chi connectivity index (χ0v) is 18.6. The van der Waals surface area contributed by atoms with Crippen LogP contribution in [0.5, 0.6) is 11.5 Å². The lowest BCUT2D eigenvalue weighted by Gasteiger charge is -2.35. The van der Waals surface area contributed by atoms with Crippen LogP contribution in [0, 0.1) is 0 Å². The number of hydrogen-bond acceptors (Lipinski definition) is 5. The summed E-state index contributed by atoms with van der Waals surface area (Å²) in [6.45, 7) is 1.84.